The largest absolute Gasteiger partial charge is 0.508 e. The Morgan fingerprint density at radius 3 is 2.48 bits per heavy atom. The molecule has 0 atom stereocenters. The van der Waals surface area contributed by atoms with Gasteiger partial charge in [0.1, 0.15) is 5.75 Å². The van der Waals surface area contributed by atoms with Crippen molar-refractivity contribution in [2.24, 2.45) is 7.05 Å². The minimum atomic E-state index is -0.0944. The number of phenols is 1. The number of nitrogens with one attached hydrogen (secondary N) is 1. The van der Waals surface area contributed by atoms with Crippen molar-refractivity contribution in [1.82, 2.24) is 14.8 Å². The van der Waals surface area contributed by atoms with E-state index in [-0.39, 0.29) is 17.4 Å². The number of amides is 1. The van der Waals surface area contributed by atoms with E-state index in [1.54, 1.807) is 24.3 Å². The lowest BCUT2D eigenvalue weighted by molar-refractivity contribution is -0.113. The Balaban J connectivity index is 1.62. The molecule has 1 aromatic heterocycles. The van der Waals surface area contributed by atoms with Gasteiger partial charge in [-0.1, -0.05) is 29.5 Å². The number of carbonyl (C=O) groups excluding carboxylic acids is 1. The SMILES string of the molecule is Cc1ccc(NC(=O)CSc2nnc(-c3ccc(O)cc3)n2C)cc1. The number of aromatic nitrogens is 3. The zero-order valence-corrected chi connectivity index (χ0v) is 14.7. The van der Waals surface area contributed by atoms with E-state index in [1.807, 2.05) is 42.8 Å². The molecule has 0 bridgehead atoms. The molecule has 0 aliphatic rings. The minimum Gasteiger partial charge on any atom is -0.508 e. The van der Waals surface area contributed by atoms with Gasteiger partial charge in [-0.25, -0.2) is 0 Å². The zero-order chi connectivity index (χ0) is 17.8. The maximum atomic E-state index is 12.1. The van der Waals surface area contributed by atoms with Gasteiger partial charge in [-0.15, -0.1) is 10.2 Å². The number of nitrogens with zero attached hydrogens (tertiary/aromatic N) is 3. The molecule has 2 aromatic carbocycles. The summed E-state index contributed by atoms with van der Waals surface area (Å²) in [6.45, 7) is 2.00. The van der Waals surface area contributed by atoms with Gasteiger partial charge >= 0.3 is 0 Å². The van der Waals surface area contributed by atoms with Crippen LogP contribution in [-0.2, 0) is 11.8 Å². The molecule has 0 saturated carbocycles. The summed E-state index contributed by atoms with van der Waals surface area (Å²) in [5.41, 5.74) is 2.77. The first-order valence-corrected chi connectivity index (χ1v) is 8.69. The van der Waals surface area contributed by atoms with Crippen molar-refractivity contribution < 1.29 is 9.90 Å². The summed E-state index contributed by atoms with van der Waals surface area (Å²) < 4.78 is 1.83. The summed E-state index contributed by atoms with van der Waals surface area (Å²) in [6, 6.07) is 14.4. The molecule has 0 saturated heterocycles. The van der Waals surface area contributed by atoms with Crippen molar-refractivity contribution in [3.8, 4) is 17.1 Å². The molecule has 128 valence electrons. The highest BCUT2D eigenvalue weighted by Gasteiger charge is 2.13. The third-order valence-corrected chi connectivity index (χ3v) is 4.65. The second-order valence-electron chi connectivity index (χ2n) is 5.61. The molecule has 3 aromatic rings. The van der Waals surface area contributed by atoms with Crippen LogP contribution in [-0.4, -0.2) is 31.5 Å². The Hall–Kier alpha value is -2.80. The first-order valence-electron chi connectivity index (χ1n) is 7.71. The van der Waals surface area contributed by atoms with Gasteiger partial charge < -0.3 is 15.0 Å². The third-order valence-electron chi connectivity index (χ3n) is 3.63. The Morgan fingerprint density at radius 1 is 1.12 bits per heavy atom. The van der Waals surface area contributed by atoms with Crippen LogP contribution in [0, 0.1) is 6.92 Å². The van der Waals surface area contributed by atoms with Crippen LogP contribution in [0.2, 0.25) is 0 Å². The van der Waals surface area contributed by atoms with E-state index in [2.05, 4.69) is 15.5 Å². The molecule has 6 nitrogen and oxygen atoms in total. The Kier molecular flexibility index (Phi) is 5.04. The first-order chi connectivity index (χ1) is 12.0. The average Bonchev–Trinajstić information content (AvgIpc) is 2.97. The van der Waals surface area contributed by atoms with Crippen LogP contribution in [0.3, 0.4) is 0 Å². The number of hydrogen-bond donors (Lipinski definition) is 2. The highest BCUT2D eigenvalue weighted by Crippen LogP contribution is 2.24. The van der Waals surface area contributed by atoms with E-state index in [9.17, 15) is 9.90 Å². The van der Waals surface area contributed by atoms with Crippen molar-refractivity contribution in [3.05, 3.63) is 54.1 Å². The van der Waals surface area contributed by atoms with Gasteiger partial charge in [-0.2, -0.15) is 0 Å². The lowest BCUT2D eigenvalue weighted by Crippen LogP contribution is -2.14. The summed E-state index contributed by atoms with van der Waals surface area (Å²) in [4.78, 5) is 12.1. The van der Waals surface area contributed by atoms with Gasteiger partial charge in [-0.3, -0.25) is 4.79 Å². The quantitative estimate of drug-likeness (QED) is 0.688. The topological polar surface area (TPSA) is 80.0 Å². The van der Waals surface area contributed by atoms with Crippen molar-refractivity contribution in [2.75, 3.05) is 11.1 Å². The number of phenolic OH excluding ortho intramolecular Hbond substituents is 1. The minimum absolute atomic E-state index is 0.0944. The maximum Gasteiger partial charge on any atom is 0.234 e. The predicted molar refractivity (Wildman–Crippen MR) is 98.6 cm³/mol. The van der Waals surface area contributed by atoms with Crippen LogP contribution in [0.25, 0.3) is 11.4 Å². The maximum absolute atomic E-state index is 12.1. The van der Waals surface area contributed by atoms with Crippen LogP contribution >= 0.6 is 11.8 Å². The summed E-state index contributed by atoms with van der Waals surface area (Å²) in [7, 11) is 1.85. The molecular formula is C18H18N4O2S. The second kappa shape index (κ2) is 7.40. The van der Waals surface area contributed by atoms with Crippen molar-refractivity contribution in [2.45, 2.75) is 12.1 Å². The number of anilines is 1. The van der Waals surface area contributed by atoms with E-state index in [1.165, 1.54) is 11.8 Å². The zero-order valence-electron chi connectivity index (χ0n) is 13.9. The molecule has 0 spiro atoms. The number of aryl methyl sites for hydroxylation is 1. The molecule has 2 N–H and O–H groups in total. The summed E-state index contributed by atoms with van der Waals surface area (Å²) in [5, 5.41) is 21.2. The normalized spacial score (nSPS) is 10.6. The molecule has 3 rings (SSSR count). The fourth-order valence-corrected chi connectivity index (χ4v) is 2.98. The lowest BCUT2D eigenvalue weighted by Gasteiger charge is -2.06. The molecule has 0 unspecified atom stereocenters. The predicted octanol–water partition coefficient (Wildman–Crippen LogP) is 3.23. The number of aromatic hydroxyl groups is 1. The average molecular weight is 354 g/mol. The Bertz CT molecular complexity index is 873. The molecule has 1 amide bonds. The molecular weight excluding hydrogens is 336 g/mol. The second-order valence-corrected chi connectivity index (χ2v) is 6.56. The Morgan fingerprint density at radius 2 is 1.80 bits per heavy atom. The van der Waals surface area contributed by atoms with Crippen LogP contribution < -0.4 is 5.32 Å². The molecule has 0 aliphatic heterocycles. The summed E-state index contributed by atoms with van der Waals surface area (Å²) in [6.07, 6.45) is 0. The number of thioether (sulfide) groups is 1. The van der Waals surface area contributed by atoms with Gasteiger partial charge in [0.15, 0.2) is 11.0 Å². The monoisotopic (exact) mass is 354 g/mol. The van der Waals surface area contributed by atoms with Crippen LogP contribution in [0.1, 0.15) is 5.56 Å². The van der Waals surface area contributed by atoms with Gasteiger partial charge in [0.25, 0.3) is 0 Å². The van der Waals surface area contributed by atoms with Crippen LogP contribution in [0.4, 0.5) is 5.69 Å². The Labute approximate surface area is 149 Å². The highest BCUT2D eigenvalue weighted by molar-refractivity contribution is 7.99. The van der Waals surface area contributed by atoms with Gasteiger partial charge in [0.05, 0.1) is 5.75 Å². The van der Waals surface area contributed by atoms with Crippen molar-refractivity contribution >= 4 is 23.4 Å². The van der Waals surface area contributed by atoms with Crippen molar-refractivity contribution in [1.29, 1.82) is 0 Å². The molecule has 7 heteroatoms. The van der Waals surface area contributed by atoms with Crippen LogP contribution in [0.5, 0.6) is 5.75 Å². The standard InChI is InChI=1S/C18H18N4O2S/c1-12-3-7-14(8-4-12)19-16(24)11-25-18-21-20-17(22(18)2)13-5-9-15(23)10-6-13/h3-10,23H,11H2,1-2H3,(H,19,24). The number of rotatable bonds is 5. The van der Waals surface area contributed by atoms with E-state index in [0.29, 0.717) is 11.0 Å². The molecule has 0 fully saturated rings. The lowest BCUT2D eigenvalue weighted by atomic mass is 10.2. The van der Waals surface area contributed by atoms with E-state index in [0.717, 1.165) is 16.8 Å². The summed E-state index contributed by atoms with van der Waals surface area (Å²) >= 11 is 1.32. The van der Waals surface area contributed by atoms with Crippen LogP contribution in [0.15, 0.2) is 53.7 Å². The number of carbonyl (C=O) groups is 1. The van der Waals surface area contributed by atoms with Crippen molar-refractivity contribution in [3.63, 3.8) is 0 Å². The fraction of sp³-hybridized carbons (Fsp3) is 0.167. The van der Waals surface area contributed by atoms with Gasteiger partial charge in [0, 0.05) is 18.3 Å². The number of benzene rings is 2. The molecule has 0 radical (unpaired) electrons. The van der Waals surface area contributed by atoms with E-state index in [4.69, 9.17) is 0 Å². The van der Waals surface area contributed by atoms with E-state index >= 15 is 0 Å². The highest BCUT2D eigenvalue weighted by atomic mass is 32.2. The smallest absolute Gasteiger partial charge is 0.234 e. The van der Waals surface area contributed by atoms with E-state index < -0.39 is 0 Å². The number of hydrogen-bond acceptors (Lipinski definition) is 5. The third kappa shape index (κ3) is 4.19. The molecule has 0 aliphatic carbocycles. The van der Waals surface area contributed by atoms with Gasteiger partial charge in [-0.05, 0) is 43.3 Å². The first kappa shape index (κ1) is 17.0. The fourth-order valence-electron chi connectivity index (χ4n) is 2.27. The van der Waals surface area contributed by atoms with Gasteiger partial charge in [0.2, 0.25) is 5.91 Å². The summed E-state index contributed by atoms with van der Waals surface area (Å²) in [5.74, 6) is 1.04. The molecule has 25 heavy (non-hydrogen) atoms. The molecule has 1 heterocycles.